The predicted octanol–water partition coefficient (Wildman–Crippen LogP) is 3.09. The molecule has 1 aliphatic heterocycles. The summed E-state index contributed by atoms with van der Waals surface area (Å²) in [4.78, 5) is 33.5. The second kappa shape index (κ2) is 10.1. The van der Waals surface area contributed by atoms with Gasteiger partial charge in [0.1, 0.15) is 12.1 Å². The number of nitrogens with one attached hydrogen (secondary N) is 1. The zero-order chi connectivity index (χ0) is 22.4. The number of esters is 1. The predicted molar refractivity (Wildman–Crippen MR) is 115 cm³/mol. The van der Waals surface area contributed by atoms with Crippen LogP contribution in [0.3, 0.4) is 0 Å². The first-order chi connectivity index (χ1) is 14.9. The molecule has 1 aromatic heterocycles. The average molecular weight is 429 g/mol. The number of carbonyl (C=O) groups is 1. The van der Waals surface area contributed by atoms with Gasteiger partial charge in [0.2, 0.25) is 11.6 Å². The number of aryl methyl sites for hydroxylation is 1. The summed E-state index contributed by atoms with van der Waals surface area (Å²) in [7, 11) is 1.60. The quantitative estimate of drug-likeness (QED) is 0.383. The molecule has 10 nitrogen and oxygen atoms in total. The Balaban J connectivity index is 1.77. The molecule has 10 heteroatoms. The number of methoxy groups -OCH3 is 1. The molecule has 1 aliphatic rings. The average Bonchev–Trinajstić information content (AvgIpc) is 2.77. The molecule has 1 N–H and O–H groups in total. The van der Waals surface area contributed by atoms with E-state index in [-0.39, 0.29) is 29.2 Å². The maximum atomic E-state index is 12.0. The van der Waals surface area contributed by atoms with Crippen molar-refractivity contribution >= 4 is 23.3 Å². The first kappa shape index (κ1) is 22.3. The van der Waals surface area contributed by atoms with Crippen LogP contribution in [0.4, 0.5) is 17.3 Å². The van der Waals surface area contributed by atoms with Gasteiger partial charge in [0.15, 0.2) is 0 Å². The summed E-state index contributed by atoms with van der Waals surface area (Å²) < 4.78 is 10.4. The lowest BCUT2D eigenvalue weighted by molar-refractivity contribution is -0.383. The number of piperidine rings is 1. The molecule has 0 saturated carbocycles. The summed E-state index contributed by atoms with van der Waals surface area (Å²) in [6, 6.07) is 5.76. The molecule has 2 heterocycles. The molecule has 1 saturated heterocycles. The third-order valence-electron chi connectivity index (χ3n) is 5.21. The van der Waals surface area contributed by atoms with E-state index < -0.39 is 4.92 Å². The normalized spacial score (nSPS) is 14.2. The Labute approximate surface area is 180 Å². The molecular formula is C21H27N5O5. The molecular weight excluding hydrogens is 402 g/mol. The molecule has 0 unspecified atom stereocenters. The molecule has 0 amide bonds. The second-order valence-electron chi connectivity index (χ2n) is 7.38. The van der Waals surface area contributed by atoms with E-state index in [1.165, 1.54) is 6.33 Å². The lowest BCUT2D eigenvalue weighted by Gasteiger charge is -2.31. The number of nitro groups is 1. The Kier molecular flexibility index (Phi) is 7.22. The lowest BCUT2D eigenvalue weighted by Crippen LogP contribution is -2.37. The van der Waals surface area contributed by atoms with Crippen molar-refractivity contribution in [2.75, 3.05) is 37.0 Å². The first-order valence-electron chi connectivity index (χ1n) is 10.2. The summed E-state index contributed by atoms with van der Waals surface area (Å²) in [5.74, 6) is 0.732. The van der Waals surface area contributed by atoms with Crippen LogP contribution in [0.25, 0.3) is 0 Å². The van der Waals surface area contributed by atoms with Crippen molar-refractivity contribution in [2.24, 2.45) is 5.92 Å². The number of rotatable bonds is 8. The van der Waals surface area contributed by atoms with E-state index in [2.05, 4.69) is 15.3 Å². The molecule has 31 heavy (non-hydrogen) atoms. The second-order valence-corrected chi connectivity index (χ2v) is 7.38. The molecule has 0 atom stereocenters. The summed E-state index contributed by atoms with van der Waals surface area (Å²) in [6.45, 7) is 5.39. The Morgan fingerprint density at radius 2 is 2.03 bits per heavy atom. The Morgan fingerprint density at radius 1 is 1.29 bits per heavy atom. The number of carbonyl (C=O) groups excluding carboxylic acids is 1. The number of benzene rings is 1. The Bertz CT molecular complexity index is 944. The molecule has 0 bridgehead atoms. The summed E-state index contributed by atoms with van der Waals surface area (Å²) in [5.41, 5.74) is 1.77. The number of ether oxygens (including phenoxy) is 2. The molecule has 0 radical (unpaired) electrons. The topological polar surface area (TPSA) is 120 Å². The van der Waals surface area contributed by atoms with E-state index in [4.69, 9.17) is 9.47 Å². The van der Waals surface area contributed by atoms with Crippen molar-refractivity contribution in [2.45, 2.75) is 33.2 Å². The number of hydrogen-bond acceptors (Lipinski definition) is 9. The third kappa shape index (κ3) is 5.39. The number of aromatic nitrogens is 2. The summed E-state index contributed by atoms with van der Waals surface area (Å²) in [6.07, 6.45) is 2.44. The van der Waals surface area contributed by atoms with Gasteiger partial charge in [-0.05, 0) is 49.9 Å². The van der Waals surface area contributed by atoms with Crippen molar-refractivity contribution in [1.82, 2.24) is 9.97 Å². The molecule has 2 aromatic rings. The SMILES string of the molecule is CCOC(=O)C1CCN(c2ncnc(NCc3cc(C)cc(OC)c3)c2[N+](=O)[O-])CC1. The minimum absolute atomic E-state index is 0.156. The smallest absolute Gasteiger partial charge is 0.353 e. The van der Waals surface area contributed by atoms with E-state index >= 15 is 0 Å². The fraction of sp³-hybridized carbons (Fsp3) is 0.476. The minimum Gasteiger partial charge on any atom is -0.497 e. The van der Waals surface area contributed by atoms with Crippen molar-refractivity contribution < 1.29 is 19.2 Å². The van der Waals surface area contributed by atoms with E-state index in [1.54, 1.807) is 14.0 Å². The van der Waals surface area contributed by atoms with E-state index in [0.29, 0.717) is 39.1 Å². The highest BCUT2D eigenvalue weighted by molar-refractivity contribution is 5.74. The van der Waals surface area contributed by atoms with Gasteiger partial charge in [-0.15, -0.1) is 0 Å². The van der Waals surface area contributed by atoms with Gasteiger partial charge in [-0.2, -0.15) is 0 Å². The van der Waals surface area contributed by atoms with E-state index in [0.717, 1.165) is 16.9 Å². The van der Waals surface area contributed by atoms with Crippen LogP contribution in [0.5, 0.6) is 5.75 Å². The number of hydrogen-bond donors (Lipinski definition) is 1. The van der Waals surface area contributed by atoms with Crippen molar-refractivity contribution in [1.29, 1.82) is 0 Å². The molecule has 166 valence electrons. The summed E-state index contributed by atoms with van der Waals surface area (Å²) >= 11 is 0. The molecule has 0 aliphatic carbocycles. The number of anilines is 2. The van der Waals surface area contributed by atoms with Crippen LogP contribution in [0.1, 0.15) is 30.9 Å². The molecule has 3 rings (SSSR count). The van der Waals surface area contributed by atoms with Gasteiger partial charge in [0.25, 0.3) is 0 Å². The first-order valence-corrected chi connectivity index (χ1v) is 10.2. The van der Waals surface area contributed by atoms with Gasteiger partial charge in [-0.25, -0.2) is 9.97 Å². The van der Waals surface area contributed by atoms with Gasteiger partial charge < -0.3 is 19.7 Å². The van der Waals surface area contributed by atoms with Crippen LogP contribution in [-0.4, -0.2) is 47.7 Å². The Morgan fingerprint density at radius 3 is 2.68 bits per heavy atom. The largest absolute Gasteiger partial charge is 0.497 e. The van der Waals surface area contributed by atoms with E-state index in [1.807, 2.05) is 30.0 Å². The van der Waals surface area contributed by atoms with Crippen LogP contribution in [0, 0.1) is 23.0 Å². The lowest BCUT2D eigenvalue weighted by atomic mass is 9.97. The van der Waals surface area contributed by atoms with Crippen LogP contribution in [0.2, 0.25) is 0 Å². The van der Waals surface area contributed by atoms with Crippen LogP contribution in [0.15, 0.2) is 24.5 Å². The van der Waals surface area contributed by atoms with Gasteiger partial charge in [0.05, 0.1) is 24.6 Å². The van der Waals surface area contributed by atoms with Crippen LogP contribution in [-0.2, 0) is 16.1 Å². The third-order valence-corrected chi connectivity index (χ3v) is 5.21. The molecule has 1 fully saturated rings. The summed E-state index contributed by atoms with van der Waals surface area (Å²) in [5, 5.41) is 14.9. The fourth-order valence-corrected chi connectivity index (χ4v) is 3.72. The van der Waals surface area contributed by atoms with Gasteiger partial charge in [-0.1, -0.05) is 6.07 Å². The van der Waals surface area contributed by atoms with Crippen molar-refractivity contribution in [3.63, 3.8) is 0 Å². The highest BCUT2D eigenvalue weighted by Crippen LogP contribution is 2.34. The minimum atomic E-state index is -0.466. The van der Waals surface area contributed by atoms with Crippen LogP contribution < -0.4 is 15.0 Å². The maximum absolute atomic E-state index is 12.0. The van der Waals surface area contributed by atoms with Crippen LogP contribution >= 0.6 is 0 Å². The van der Waals surface area contributed by atoms with E-state index in [9.17, 15) is 14.9 Å². The van der Waals surface area contributed by atoms with Crippen molar-refractivity contribution in [3.05, 3.63) is 45.8 Å². The molecule has 0 spiro atoms. The fourth-order valence-electron chi connectivity index (χ4n) is 3.72. The van der Waals surface area contributed by atoms with Crippen molar-refractivity contribution in [3.8, 4) is 5.75 Å². The highest BCUT2D eigenvalue weighted by Gasteiger charge is 2.32. The van der Waals surface area contributed by atoms with Gasteiger partial charge in [0, 0.05) is 19.6 Å². The zero-order valence-electron chi connectivity index (χ0n) is 18.0. The Hall–Kier alpha value is -3.43. The standard InChI is InChI=1S/C21H27N5O5/c1-4-31-21(27)16-5-7-25(8-6-16)20-18(26(28)29)19(23-13-24-20)22-12-15-9-14(2)10-17(11-15)30-3/h9-11,13,16H,4-8,12H2,1-3H3,(H,22,23,24). The maximum Gasteiger partial charge on any atom is 0.353 e. The molecule has 1 aromatic carbocycles. The zero-order valence-corrected chi connectivity index (χ0v) is 18.0. The number of nitrogens with zero attached hydrogens (tertiary/aromatic N) is 4. The van der Waals surface area contributed by atoms with Gasteiger partial charge in [-0.3, -0.25) is 14.9 Å². The van der Waals surface area contributed by atoms with Gasteiger partial charge >= 0.3 is 11.7 Å². The monoisotopic (exact) mass is 429 g/mol. The highest BCUT2D eigenvalue weighted by atomic mass is 16.6.